The Hall–Kier alpha value is -2.16. The summed E-state index contributed by atoms with van der Waals surface area (Å²) < 4.78 is 0. The smallest absolute Gasteiger partial charge is 0.251 e. The van der Waals surface area contributed by atoms with E-state index in [-0.39, 0.29) is 5.91 Å². The molecule has 22 heavy (non-hydrogen) atoms. The van der Waals surface area contributed by atoms with Gasteiger partial charge in [0.15, 0.2) is 0 Å². The number of hydrogen-bond donors (Lipinski definition) is 1. The highest BCUT2D eigenvalue weighted by molar-refractivity contribution is 6.09. The van der Waals surface area contributed by atoms with E-state index in [1.807, 2.05) is 30.3 Å². The molecule has 4 bridgehead atoms. The number of benzene rings is 1. The SMILES string of the molecule is O=C(Nc1cccc2ncccc12)C1=C2C3CC(C1)CC2C3. The van der Waals surface area contributed by atoms with Crippen LogP contribution in [0.4, 0.5) is 5.69 Å². The third-order valence-corrected chi connectivity index (χ3v) is 5.69. The van der Waals surface area contributed by atoms with Crippen LogP contribution in [0.5, 0.6) is 0 Å². The summed E-state index contributed by atoms with van der Waals surface area (Å²) in [6, 6.07) is 9.82. The number of anilines is 1. The van der Waals surface area contributed by atoms with Crippen LogP contribution in [0.1, 0.15) is 25.7 Å². The minimum Gasteiger partial charge on any atom is -0.322 e. The second-order valence-corrected chi connectivity index (χ2v) is 6.93. The number of fused-ring (bicyclic) bond motifs is 2. The van der Waals surface area contributed by atoms with Crippen molar-refractivity contribution in [3.8, 4) is 0 Å². The van der Waals surface area contributed by atoms with E-state index in [2.05, 4.69) is 10.3 Å². The number of amides is 1. The van der Waals surface area contributed by atoms with Crippen LogP contribution >= 0.6 is 0 Å². The Bertz CT molecular complexity index is 804. The fourth-order valence-electron chi connectivity index (χ4n) is 4.82. The molecule has 5 aliphatic rings. The molecule has 1 aromatic heterocycles. The number of rotatable bonds is 2. The molecule has 0 radical (unpaired) electrons. The van der Waals surface area contributed by atoms with Crippen molar-refractivity contribution in [1.29, 1.82) is 0 Å². The Morgan fingerprint density at radius 1 is 1.09 bits per heavy atom. The highest BCUT2D eigenvalue weighted by Gasteiger charge is 2.49. The number of hydrogen-bond acceptors (Lipinski definition) is 2. The van der Waals surface area contributed by atoms with Gasteiger partial charge in [0, 0.05) is 17.2 Å². The lowest BCUT2D eigenvalue weighted by atomic mass is 9.51. The maximum Gasteiger partial charge on any atom is 0.251 e. The van der Waals surface area contributed by atoms with Gasteiger partial charge in [0.25, 0.3) is 5.91 Å². The number of nitrogens with one attached hydrogen (secondary N) is 1. The first-order valence-electron chi connectivity index (χ1n) is 8.17. The van der Waals surface area contributed by atoms with E-state index in [4.69, 9.17) is 0 Å². The van der Waals surface area contributed by atoms with Crippen molar-refractivity contribution in [3.63, 3.8) is 0 Å². The summed E-state index contributed by atoms with van der Waals surface area (Å²) in [6.45, 7) is 0. The molecule has 0 spiro atoms. The van der Waals surface area contributed by atoms with Gasteiger partial charge < -0.3 is 5.32 Å². The lowest BCUT2D eigenvalue weighted by Gasteiger charge is -2.53. The molecule has 1 N–H and O–H groups in total. The summed E-state index contributed by atoms with van der Waals surface area (Å²) in [5.74, 6) is 2.29. The van der Waals surface area contributed by atoms with E-state index in [0.29, 0.717) is 11.8 Å². The van der Waals surface area contributed by atoms with E-state index < -0.39 is 0 Å². The molecular formula is C19H18N2O. The summed E-state index contributed by atoms with van der Waals surface area (Å²) >= 11 is 0. The quantitative estimate of drug-likeness (QED) is 0.911. The van der Waals surface area contributed by atoms with Gasteiger partial charge in [-0.3, -0.25) is 9.78 Å². The maximum atomic E-state index is 12.8. The zero-order chi connectivity index (χ0) is 14.7. The van der Waals surface area contributed by atoms with Gasteiger partial charge in [-0.25, -0.2) is 0 Å². The Labute approximate surface area is 129 Å². The largest absolute Gasteiger partial charge is 0.322 e. The van der Waals surface area contributed by atoms with Gasteiger partial charge in [-0.05, 0) is 67.7 Å². The zero-order valence-corrected chi connectivity index (χ0v) is 12.4. The molecule has 110 valence electrons. The van der Waals surface area contributed by atoms with E-state index in [1.165, 1.54) is 24.8 Å². The first-order valence-corrected chi connectivity index (χ1v) is 8.17. The molecule has 3 fully saturated rings. The molecule has 1 amide bonds. The molecule has 3 heteroatoms. The highest BCUT2D eigenvalue weighted by atomic mass is 16.1. The van der Waals surface area contributed by atoms with Crippen molar-refractivity contribution in [2.24, 2.45) is 17.8 Å². The molecule has 1 heterocycles. The van der Waals surface area contributed by atoms with Crippen molar-refractivity contribution < 1.29 is 4.79 Å². The molecular weight excluding hydrogens is 272 g/mol. The molecule has 3 saturated carbocycles. The second kappa shape index (κ2) is 4.42. The number of carbonyl (C=O) groups excluding carboxylic acids is 1. The van der Waals surface area contributed by atoms with Gasteiger partial charge in [-0.15, -0.1) is 0 Å². The van der Waals surface area contributed by atoms with Crippen molar-refractivity contribution in [2.75, 3.05) is 5.32 Å². The topological polar surface area (TPSA) is 42.0 Å². The lowest BCUT2D eigenvalue weighted by molar-refractivity contribution is -0.113. The van der Waals surface area contributed by atoms with Gasteiger partial charge in [-0.2, -0.15) is 0 Å². The average molecular weight is 290 g/mol. The predicted molar refractivity (Wildman–Crippen MR) is 86.3 cm³/mol. The van der Waals surface area contributed by atoms with Gasteiger partial charge in [0.05, 0.1) is 11.2 Å². The summed E-state index contributed by atoms with van der Waals surface area (Å²) in [5, 5.41) is 4.15. The van der Waals surface area contributed by atoms with Crippen molar-refractivity contribution in [1.82, 2.24) is 4.98 Å². The first kappa shape index (κ1) is 12.4. The van der Waals surface area contributed by atoms with Crippen LogP contribution in [-0.4, -0.2) is 10.9 Å². The Morgan fingerprint density at radius 3 is 2.77 bits per heavy atom. The first-order chi connectivity index (χ1) is 10.8. The van der Waals surface area contributed by atoms with Crippen LogP contribution in [-0.2, 0) is 4.79 Å². The molecule has 0 saturated heterocycles. The van der Waals surface area contributed by atoms with Gasteiger partial charge in [0.1, 0.15) is 0 Å². The summed E-state index contributed by atoms with van der Waals surface area (Å²) in [4.78, 5) is 17.1. The number of carbonyl (C=O) groups is 1. The number of allylic oxidation sites excluding steroid dienone is 1. The predicted octanol–water partition coefficient (Wildman–Crippen LogP) is 3.92. The minimum absolute atomic E-state index is 0.116. The van der Waals surface area contributed by atoms with Crippen LogP contribution in [0.2, 0.25) is 0 Å². The van der Waals surface area contributed by atoms with E-state index in [1.54, 1.807) is 6.20 Å². The number of pyridine rings is 1. The zero-order valence-electron chi connectivity index (χ0n) is 12.4. The fraction of sp³-hybridized carbons (Fsp3) is 0.368. The Kier molecular flexibility index (Phi) is 2.49. The van der Waals surface area contributed by atoms with E-state index in [0.717, 1.165) is 34.5 Å². The van der Waals surface area contributed by atoms with E-state index in [9.17, 15) is 4.79 Å². The van der Waals surface area contributed by atoms with Crippen molar-refractivity contribution >= 4 is 22.5 Å². The molecule has 2 atom stereocenters. The second-order valence-electron chi connectivity index (χ2n) is 6.93. The van der Waals surface area contributed by atoms with Gasteiger partial charge in [-0.1, -0.05) is 11.6 Å². The Balaban J connectivity index is 1.50. The molecule has 3 nitrogen and oxygen atoms in total. The third-order valence-electron chi connectivity index (χ3n) is 5.69. The van der Waals surface area contributed by atoms with Crippen molar-refractivity contribution in [2.45, 2.75) is 25.7 Å². The molecule has 0 aliphatic heterocycles. The summed E-state index contributed by atoms with van der Waals surface area (Å²) in [5.41, 5.74) is 4.37. The van der Waals surface area contributed by atoms with Crippen LogP contribution in [0.15, 0.2) is 47.7 Å². The van der Waals surface area contributed by atoms with Crippen LogP contribution < -0.4 is 5.32 Å². The van der Waals surface area contributed by atoms with Gasteiger partial charge >= 0.3 is 0 Å². The van der Waals surface area contributed by atoms with Crippen LogP contribution in [0, 0.1) is 17.8 Å². The van der Waals surface area contributed by atoms with Crippen LogP contribution in [0.3, 0.4) is 0 Å². The highest BCUT2D eigenvalue weighted by Crippen LogP contribution is 2.59. The fourth-order valence-corrected chi connectivity index (χ4v) is 4.82. The lowest BCUT2D eigenvalue weighted by Crippen LogP contribution is -2.44. The van der Waals surface area contributed by atoms with Crippen molar-refractivity contribution in [3.05, 3.63) is 47.7 Å². The average Bonchev–Trinajstić information content (AvgIpc) is 2.55. The standard InChI is InChI=1S/C19H18N2O/c22-19(15-9-11-7-12-10-13(8-11)18(12)15)21-17-5-1-4-16-14(17)3-2-6-20-16/h1-6,11-13H,7-10H2,(H,21,22). The molecule has 5 aliphatic carbocycles. The molecule has 2 unspecified atom stereocenters. The molecule has 7 rings (SSSR count). The summed E-state index contributed by atoms with van der Waals surface area (Å²) in [6.07, 6.45) is 6.73. The number of nitrogens with zero attached hydrogens (tertiary/aromatic N) is 1. The van der Waals surface area contributed by atoms with Crippen LogP contribution in [0.25, 0.3) is 10.9 Å². The summed E-state index contributed by atoms with van der Waals surface area (Å²) in [7, 11) is 0. The van der Waals surface area contributed by atoms with Gasteiger partial charge in [0.2, 0.25) is 0 Å². The third kappa shape index (κ3) is 1.68. The number of aromatic nitrogens is 1. The normalized spacial score (nSPS) is 28.6. The monoisotopic (exact) mass is 290 g/mol. The van der Waals surface area contributed by atoms with E-state index >= 15 is 0 Å². The molecule has 1 aromatic carbocycles. The maximum absolute atomic E-state index is 12.8. The molecule has 2 aromatic rings. The Morgan fingerprint density at radius 2 is 1.95 bits per heavy atom. The minimum atomic E-state index is 0.116.